The number of aliphatic hydroxyl groups excluding tert-OH is 1. The molecular formula is C16H24FNOS. The maximum absolute atomic E-state index is 12.8. The van der Waals surface area contributed by atoms with E-state index in [9.17, 15) is 9.50 Å². The quantitative estimate of drug-likeness (QED) is 0.539. The highest BCUT2D eigenvalue weighted by Gasteiger charge is 2.31. The molecule has 1 fully saturated rings. The lowest BCUT2D eigenvalue weighted by molar-refractivity contribution is 0.161. The van der Waals surface area contributed by atoms with Gasteiger partial charge in [0.25, 0.3) is 0 Å². The number of benzene rings is 1. The second-order valence-corrected chi connectivity index (χ2v) is 7.07. The number of unbranched alkanes of at least 4 members (excludes halogenated alkanes) is 1. The van der Waals surface area contributed by atoms with Crippen LogP contribution < -0.4 is 5.32 Å². The molecule has 0 saturated heterocycles. The summed E-state index contributed by atoms with van der Waals surface area (Å²) in [5, 5.41) is 13.1. The molecule has 2 nitrogen and oxygen atoms in total. The van der Waals surface area contributed by atoms with Crippen LogP contribution in [0.25, 0.3) is 0 Å². The fourth-order valence-electron chi connectivity index (χ4n) is 2.26. The molecule has 0 amide bonds. The first-order valence-electron chi connectivity index (χ1n) is 7.38. The van der Waals surface area contributed by atoms with Gasteiger partial charge >= 0.3 is 0 Å². The van der Waals surface area contributed by atoms with Crippen molar-refractivity contribution in [2.24, 2.45) is 0 Å². The maximum atomic E-state index is 12.8. The minimum absolute atomic E-state index is 0.123. The molecular weight excluding hydrogens is 273 g/mol. The number of rotatable bonds is 9. The summed E-state index contributed by atoms with van der Waals surface area (Å²) in [6.07, 6.45) is 5.71. The minimum Gasteiger partial charge on any atom is -0.394 e. The van der Waals surface area contributed by atoms with E-state index in [0.717, 1.165) is 29.9 Å². The Kier molecular flexibility index (Phi) is 5.87. The zero-order chi connectivity index (χ0) is 14.4. The first-order chi connectivity index (χ1) is 9.61. The fourth-order valence-corrected chi connectivity index (χ4v) is 3.17. The Balaban J connectivity index is 1.61. The second-order valence-electron chi connectivity index (χ2n) is 5.90. The van der Waals surface area contributed by atoms with Crippen LogP contribution in [0.2, 0.25) is 0 Å². The Bertz CT molecular complexity index is 407. The van der Waals surface area contributed by atoms with E-state index in [1.807, 2.05) is 12.1 Å². The van der Waals surface area contributed by atoms with Crippen molar-refractivity contribution in [2.45, 2.75) is 55.5 Å². The van der Waals surface area contributed by atoms with E-state index in [4.69, 9.17) is 0 Å². The lowest BCUT2D eigenvalue weighted by Crippen LogP contribution is -2.46. The molecule has 0 bridgehead atoms. The fraction of sp³-hybridized carbons (Fsp3) is 0.625. The van der Waals surface area contributed by atoms with E-state index >= 15 is 0 Å². The van der Waals surface area contributed by atoms with Gasteiger partial charge in [0.15, 0.2) is 0 Å². The van der Waals surface area contributed by atoms with Gasteiger partial charge in [-0.05, 0) is 62.6 Å². The van der Waals surface area contributed by atoms with Crippen LogP contribution in [0.15, 0.2) is 29.2 Å². The number of nitrogens with one attached hydrogen (secondary N) is 1. The first-order valence-corrected chi connectivity index (χ1v) is 8.37. The lowest BCUT2D eigenvalue weighted by Gasteiger charge is -2.29. The minimum atomic E-state index is -0.181. The summed E-state index contributed by atoms with van der Waals surface area (Å²) in [5.74, 6) is 0.857. The maximum Gasteiger partial charge on any atom is 0.123 e. The summed E-state index contributed by atoms with van der Waals surface area (Å²) in [6.45, 7) is 2.31. The Labute approximate surface area is 125 Å². The predicted molar refractivity (Wildman–Crippen MR) is 82.6 cm³/mol. The predicted octanol–water partition coefficient (Wildman–Crippen LogP) is 3.59. The molecule has 0 radical (unpaired) electrons. The van der Waals surface area contributed by atoms with Crippen LogP contribution in [-0.4, -0.2) is 29.0 Å². The SMILES string of the molecule is CC(CO)(CCCCSc1ccc(F)cc1)NC1CC1. The van der Waals surface area contributed by atoms with Gasteiger partial charge in [-0.1, -0.05) is 6.42 Å². The molecule has 0 aromatic heterocycles. The molecule has 1 saturated carbocycles. The highest BCUT2D eigenvalue weighted by molar-refractivity contribution is 7.99. The zero-order valence-electron chi connectivity index (χ0n) is 12.1. The summed E-state index contributed by atoms with van der Waals surface area (Å²) in [4.78, 5) is 1.12. The molecule has 4 heteroatoms. The van der Waals surface area contributed by atoms with Gasteiger partial charge in [-0.3, -0.25) is 0 Å². The van der Waals surface area contributed by atoms with Gasteiger partial charge < -0.3 is 10.4 Å². The summed E-state index contributed by atoms with van der Waals surface area (Å²) >= 11 is 1.76. The molecule has 1 aromatic carbocycles. The van der Waals surface area contributed by atoms with Gasteiger partial charge in [-0.15, -0.1) is 11.8 Å². The number of hydrogen-bond acceptors (Lipinski definition) is 3. The van der Waals surface area contributed by atoms with E-state index in [2.05, 4.69) is 12.2 Å². The summed E-state index contributed by atoms with van der Waals surface area (Å²) in [7, 11) is 0. The van der Waals surface area contributed by atoms with Gasteiger partial charge in [0, 0.05) is 16.5 Å². The highest BCUT2D eigenvalue weighted by atomic mass is 32.2. The zero-order valence-corrected chi connectivity index (χ0v) is 12.9. The Hall–Kier alpha value is -0.580. The molecule has 1 aliphatic carbocycles. The van der Waals surface area contributed by atoms with Crippen molar-refractivity contribution in [1.82, 2.24) is 5.32 Å². The van der Waals surface area contributed by atoms with Crippen LogP contribution in [0.3, 0.4) is 0 Å². The smallest absolute Gasteiger partial charge is 0.123 e. The van der Waals surface area contributed by atoms with Gasteiger partial charge in [-0.25, -0.2) is 4.39 Å². The Morgan fingerprint density at radius 2 is 2.00 bits per heavy atom. The average Bonchev–Trinajstić information content (AvgIpc) is 3.24. The molecule has 1 aliphatic rings. The van der Waals surface area contributed by atoms with E-state index in [1.54, 1.807) is 11.8 Å². The number of thioether (sulfide) groups is 1. The normalized spacial score (nSPS) is 17.9. The van der Waals surface area contributed by atoms with Crippen LogP contribution in [-0.2, 0) is 0 Å². The van der Waals surface area contributed by atoms with Crippen LogP contribution in [0.1, 0.15) is 39.0 Å². The highest BCUT2D eigenvalue weighted by Crippen LogP contribution is 2.26. The Morgan fingerprint density at radius 3 is 2.60 bits per heavy atom. The van der Waals surface area contributed by atoms with Crippen molar-refractivity contribution in [1.29, 1.82) is 0 Å². The van der Waals surface area contributed by atoms with Crippen molar-refractivity contribution >= 4 is 11.8 Å². The second kappa shape index (κ2) is 7.43. The molecule has 20 heavy (non-hydrogen) atoms. The van der Waals surface area contributed by atoms with E-state index in [0.29, 0.717) is 6.04 Å². The molecule has 0 spiro atoms. The third-order valence-corrected chi connectivity index (χ3v) is 4.78. The van der Waals surface area contributed by atoms with E-state index < -0.39 is 0 Å². The van der Waals surface area contributed by atoms with Crippen molar-refractivity contribution in [3.63, 3.8) is 0 Å². The van der Waals surface area contributed by atoms with Crippen LogP contribution >= 0.6 is 11.8 Å². The number of aliphatic hydroxyl groups is 1. The van der Waals surface area contributed by atoms with Crippen molar-refractivity contribution in [2.75, 3.05) is 12.4 Å². The largest absolute Gasteiger partial charge is 0.394 e. The molecule has 1 unspecified atom stereocenters. The Morgan fingerprint density at radius 1 is 1.30 bits per heavy atom. The van der Waals surface area contributed by atoms with Crippen LogP contribution in [0.5, 0.6) is 0 Å². The molecule has 1 atom stereocenters. The number of halogens is 1. The summed E-state index contributed by atoms with van der Waals surface area (Å²) < 4.78 is 12.8. The summed E-state index contributed by atoms with van der Waals surface area (Å²) in [5.41, 5.74) is -0.123. The molecule has 2 N–H and O–H groups in total. The van der Waals surface area contributed by atoms with Gasteiger partial charge in [0.05, 0.1) is 6.61 Å². The van der Waals surface area contributed by atoms with Crippen molar-refractivity contribution in [3.05, 3.63) is 30.1 Å². The number of hydrogen-bond donors (Lipinski definition) is 2. The monoisotopic (exact) mass is 297 g/mol. The molecule has 112 valence electrons. The van der Waals surface area contributed by atoms with Crippen LogP contribution in [0, 0.1) is 5.82 Å². The standard InChI is InChI=1S/C16H24FNOS/c1-16(12-19,18-14-6-7-14)10-2-3-11-20-15-8-4-13(17)5-9-15/h4-5,8-9,14,18-19H,2-3,6-7,10-12H2,1H3. The van der Waals surface area contributed by atoms with Gasteiger partial charge in [0.1, 0.15) is 5.82 Å². The topological polar surface area (TPSA) is 32.3 Å². The summed E-state index contributed by atoms with van der Waals surface area (Å²) in [6, 6.07) is 7.29. The lowest BCUT2D eigenvalue weighted by atomic mass is 9.96. The average molecular weight is 297 g/mol. The van der Waals surface area contributed by atoms with Gasteiger partial charge in [-0.2, -0.15) is 0 Å². The first kappa shape index (κ1) is 15.8. The van der Waals surface area contributed by atoms with Crippen LogP contribution in [0.4, 0.5) is 4.39 Å². The van der Waals surface area contributed by atoms with Crippen molar-refractivity contribution < 1.29 is 9.50 Å². The molecule has 2 rings (SSSR count). The van der Waals surface area contributed by atoms with Gasteiger partial charge in [0.2, 0.25) is 0 Å². The van der Waals surface area contributed by atoms with E-state index in [-0.39, 0.29) is 18.0 Å². The molecule has 0 aliphatic heterocycles. The van der Waals surface area contributed by atoms with E-state index in [1.165, 1.54) is 25.0 Å². The van der Waals surface area contributed by atoms with Crippen molar-refractivity contribution in [3.8, 4) is 0 Å². The third-order valence-electron chi connectivity index (χ3n) is 3.68. The molecule has 1 aromatic rings. The third kappa shape index (κ3) is 5.43. The molecule has 0 heterocycles.